The Kier molecular flexibility index (Phi) is 6.76. The van der Waals surface area contributed by atoms with Crippen LogP contribution in [0.5, 0.6) is 0 Å². The summed E-state index contributed by atoms with van der Waals surface area (Å²) in [5.74, 6) is 0. The Bertz CT molecular complexity index is 2940. The third-order valence-corrected chi connectivity index (χ3v) is 12.5. The van der Waals surface area contributed by atoms with Crippen LogP contribution in [-0.4, -0.2) is 0 Å². The van der Waals surface area contributed by atoms with Crippen molar-refractivity contribution in [1.82, 2.24) is 0 Å². The van der Waals surface area contributed by atoms with Gasteiger partial charge in [0.1, 0.15) is 11.2 Å². The molecule has 0 aliphatic heterocycles. The molecular formula is C53H39NO. The van der Waals surface area contributed by atoms with E-state index in [0.717, 1.165) is 39.0 Å². The molecule has 0 saturated carbocycles. The number of rotatable bonds is 5. The maximum absolute atomic E-state index is 6.92. The Balaban J connectivity index is 1.11. The molecule has 262 valence electrons. The lowest BCUT2D eigenvalue weighted by atomic mass is 9.74. The molecule has 1 heterocycles. The van der Waals surface area contributed by atoms with Crippen molar-refractivity contribution in [3.05, 3.63) is 210 Å². The molecule has 0 radical (unpaired) electrons. The van der Waals surface area contributed by atoms with Gasteiger partial charge in [-0.2, -0.15) is 0 Å². The molecule has 0 amide bonds. The van der Waals surface area contributed by atoms with Crippen LogP contribution in [0, 0.1) is 0 Å². The van der Waals surface area contributed by atoms with E-state index in [1.54, 1.807) is 0 Å². The molecule has 8 aromatic carbocycles. The second-order valence-electron chi connectivity index (χ2n) is 15.8. The molecular weight excluding hydrogens is 667 g/mol. The van der Waals surface area contributed by atoms with Crippen LogP contribution in [0.2, 0.25) is 0 Å². The van der Waals surface area contributed by atoms with Gasteiger partial charge < -0.3 is 9.32 Å². The molecule has 0 bridgehead atoms. The molecule has 0 fully saturated rings. The monoisotopic (exact) mass is 705 g/mol. The molecule has 0 unspecified atom stereocenters. The molecule has 9 aromatic rings. The normalized spacial score (nSPS) is 14.4. The lowest BCUT2D eigenvalue weighted by Gasteiger charge is -2.28. The van der Waals surface area contributed by atoms with E-state index in [1.165, 1.54) is 61.2 Å². The Morgan fingerprint density at radius 2 is 0.927 bits per heavy atom. The SMILES string of the molecule is CC1(C)c2ccccc2-c2ccc(N(c3cccc(-c4ccccc4)c3)c3ccc4oc5c(C6(C)c7ccccc7-c7ccccc76)cccc5c4c3)cc21. The van der Waals surface area contributed by atoms with Gasteiger partial charge in [-0.05, 0) is 105 Å². The number of benzene rings is 8. The summed E-state index contributed by atoms with van der Waals surface area (Å²) in [4.78, 5) is 2.42. The van der Waals surface area contributed by atoms with E-state index < -0.39 is 0 Å². The zero-order valence-electron chi connectivity index (χ0n) is 31.2. The van der Waals surface area contributed by atoms with E-state index in [4.69, 9.17) is 4.42 Å². The highest BCUT2D eigenvalue weighted by Gasteiger charge is 2.42. The quantitative estimate of drug-likeness (QED) is 0.177. The molecule has 0 N–H and O–H groups in total. The molecule has 1 aromatic heterocycles. The molecule has 0 spiro atoms. The third-order valence-electron chi connectivity index (χ3n) is 12.5. The van der Waals surface area contributed by atoms with Gasteiger partial charge in [-0.25, -0.2) is 0 Å². The van der Waals surface area contributed by atoms with Crippen LogP contribution in [0.4, 0.5) is 17.1 Å². The second-order valence-corrected chi connectivity index (χ2v) is 15.8. The van der Waals surface area contributed by atoms with E-state index >= 15 is 0 Å². The van der Waals surface area contributed by atoms with Crippen LogP contribution < -0.4 is 4.90 Å². The Hall–Kier alpha value is -6.64. The zero-order chi connectivity index (χ0) is 36.9. The van der Waals surface area contributed by atoms with Crippen LogP contribution in [0.25, 0.3) is 55.3 Å². The Labute approximate surface area is 322 Å². The molecule has 2 heteroatoms. The zero-order valence-corrected chi connectivity index (χ0v) is 31.2. The minimum absolute atomic E-state index is 0.117. The van der Waals surface area contributed by atoms with Crippen molar-refractivity contribution >= 4 is 39.0 Å². The first-order chi connectivity index (χ1) is 26.9. The molecule has 11 rings (SSSR count). The predicted octanol–water partition coefficient (Wildman–Crippen LogP) is 14.4. The fourth-order valence-electron chi connectivity index (χ4n) is 9.80. The van der Waals surface area contributed by atoms with E-state index in [-0.39, 0.29) is 10.8 Å². The lowest BCUT2D eigenvalue weighted by Crippen LogP contribution is -2.22. The standard InChI is InChI=1S/C53H39NO/c1-52(2)45-23-10-7-19-39(45)42-29-27-38(33-49(42)52)54(36-18-13-17-35(31-36)34-15-5-4-6-16-34)37-28-30-50-44(32-37)43-22-14-26-48(51(43)55-50)53(3)46-24-11-8-20-40(46)41-21-9-12-25-47(41)53/h4-33H,1-3H3. The summed E-state index contributed by atoms with van der Waals surface area (Å²) in [5, 5.41) is 2.23. The Morgan fingerprint density at radius 1 is 0.382 bits per heavy atom. The maximum Gasteiger partial charge on any atom is 0.139 e. The van der Waals surface area contributed by atoms with Gasteiger partial charge in [-0.15, -0.1) is 0 Å². The van der Waals surface area contributed by atoms with E-state index in [9.17, 15) is 0 Å². The largest absolute Gasteiger partial charge is 0.456 e. The van der Waals surface area contributed by atoms with Gasteiger partial charge >= 0.3 is 0 Å². The Morgan fingerprint density at radius 3 is 1.67 bits per heavy atom. The van der Waals surface area contributed by atoms with Crippen molar-refractivity contribution in [2.75, 3.05) is 4.90 Å². The van der Waals surface area contributed by atoms with Gasteiger partial charge in [0.05, 0.1) is 0 Å². The minimum atomic E-state index is -0.359. The van der Waals surface area contributed by atoms with Gasteiger partial charge in [-0.1, -0.05) is 153 Å². The van der Waals surface area contributed by atoms with Crippen LogP contribution in [0.1, 0.15) is 48.6 Å². The summed E-state index contributed by atoms with van der Waals surface area (Å²) in [6.07, 6.45) is 0. The average Bonchev–Trinajstić information content (AvgIpc) is 3.82. The number of hydrogen-bond acceptors (Lipinski definition) is 2. The van der Waals surface area contributed by atoms with Crippen molar-refractivity contribution in [3.8, 4) is 33.4 Å². The number of hydrogen-bond donors (Lipinski definition) is 0. The average molecular weight is 706 g/mol. The summed E-state index contributed by atoms with van der Waals surface area (Å²) in [6, 6.07) is 66.5. The highest BCUT2D eigenvalue weighted by atomic mass is 16.3. The number of furan rings is 1. The van der Waals surface area contributed by atoms with Crippen LogP contribution in [0.3, 0.4) is 0 Å². The fraction of sp³-hybridized carbons (Fsp3) is 0.0943. The number of para-hydroxylation sites is 1. The molecule has 2 aliphatic rings. The van der Waals surface area contributed by atoms with Crippen LogP contribution >= 0.6 is 0 Å². The molecule has 0 saturated heterocycles. The predicted molar refractivity (Wildman–Crippen MR) is 229 cm³/mol. The fourth-order valence-corrected chi connectivity index (χ4v) is 9.80. The molecule has 2 nitrogen and oxygen atoms in total. The van der Waals surface area contributed by atoms with Crippen molar-refractivity contribution in [3.63, 3.8) is 0 Å². The maximum atomic E-state index is 6.92. The van der Waals surface area contributed by atoms with Gasteiger partial charge in [-0.3, -0.25) is 0 Å². The van der Waals surface area contributed by atoms with E-state index in [2.05, 4.69) is 208 Å². The minimum Gasteiger partial charge on any atom is -0.456 e. The molecule has 0 atom stereocenters. The third kappa shape index (κ3) is 4.55. The van der Waals surface area contributed by atoms with E-state index in [0.29, 0.717) is 0 Å². The lowest BCUT2D eigenvalue weighted by molar-refractivity contribution is 0.638. The van der Waals surface area contributed by atoms with Crippen molar-refractivity contribution in [2.24, 2.45) is 0 Å². The number of anilines is 3. The van der Waals surface area contributed by atoms with Crippen molar-refractivity contribution < 1.29 is 4.42 Å². The smallest absolute Gasteiger partial charge is 0.139 e. The topological polar surface area (TPSA) is 16.4 Å². The van der Waals surface area contributed by atoms with E-state index in [1.807, 2.05) is 0 Å². The molecule has 55 heavy (non-hydrogen) atoms. The summed E-state index contributed by atoms with van der Waals surface area (Å²) in [6.45, 7) is 7.07. The van der Waals surface area contributed by atoms with Crippen LogP contribution in [0.15, 0.2) is 186 Å². The van der Waals surface area contributed by atoms with Crippen LogP contribution in [-0.2, 0) is 10.8 Å². The highest BCUT2D eigenvalue weighted by Crippen LogP contribution is 2.55. The number of fused-ring (bicyclic) bond motifs is 9. The number of nitrogens with zero attached hydrogens (tertiary/aromatic N) is 1. The highest BCUT2D eigenvalue weighted by molar-refractivity contribution is 6.08. The van der Waals surface area contributed by atoms with Crippen molar-refractivity contribution in [1.29, 1.82) is 0 Å². The summed E-state index contributed by atoms with van der Waals surface area (Å²) < 4.78 is 6.92. The van der Waals surface area contributed by atoms with Gasteiger partial charge in [0.15, 0.2) is 0 Å². The first-order valence-corrected chi connectivity index (χ1v) is 19.3. The first kappa shape index (κ1) is 31.8. The first-order valence-electron chi connectivity index (χ1n) is 19.3. The summed E-state index contributed by atoms with van der Waals surface area (Å²) in [7, 11) is 0. The van der Waals surface area contributed by atoms with Gasteiger partial charge in [0.2, 0.25) is 0 Å². The second kappa shape index (κ2) is 11.7. The van der Waals surface area contributed by atoms with Gasteiger partial charge in [0.25, 0.3) is 0 Å². The summed E-state index contributed by atoms with van der Waals surface area (Å²) in [5.41, 5.74) is 18.8. The van der Waals surface area contributed by atoms with Crippen molar-refractivity contribution in [2.45, 2.75) is 31.6 Å². The van der Waals surface area contributed by atoms with Gasteiger partial charge in [0, 0.05) is 44.2 Å². The summed E-state index contributed by atoms with van der Waals surface area (Å²) >= 11 is 0. The molecule has 2 aliphatic carbocycles.